The molecule has 6 nitrogen and oxygen atoms in total. The lowest BCUT2D eigenvalue weighted by Crippen LogP contribution is -2.68. The van der Waals surface area contributed by atoms with Gasteiger partial charge in [-0.25, -0.2) is 0 Å². The third kappa shape index (κ3) is 3.75. The molecule has 1 saturated heterocycles. The Hall–Kier alpha value is -1.53. The van der Waals surface area contributed by atoms with Crippen LogP contribution in [0.15, 0.2) is 25.1 Å². The van der Waals surface area contributed by atoms with Crippen LogP contribution in [0.3, 0.4) is 0 Å². The molecule has 6 heteroatoms. The maximum absolute atomic E-state index is 11.5. The van der Waals surface area contributed by atoms with Crippen LogP contribution < -0.4 is 11.1 Å². The Morgan fingerprint density at radius 1 is 1.72 bits per heavy atom. The van der Waals surface area contributed by atoms with Crippen molar-refractivity contribution in [3.05, 3.63) is 25.1 Å². The number of likely N-dealkylation sites (tertiary alicyclic amines) is 1. The number of carbonyl (C=O) groups is 1. The molecule has 0 aliphatic carbocycles. The first-order chi connectivity index (χ1) is 8.38. The molecule has 0 aromatic rings. The van der Waals surface area contributed by atoms with Gasteiger partial charge in [-0.1, -0.05) is 12.7 Å². The number of β-amino-alcohol motifs (C(OH)–C–C–N with tert-alkyl or cyclic N) is 1. The predicted molar refractivity (Wildman–Crippen MR) is 68.5 cm³/mol. The first-order valence-electron chi connectivity index (χ1n) is 5.81. The van der Waals surface area contributed by atoms with E-state index in [2.05, 4.69) is 18.5 Å². The normalized spacial score (nSPS) is 18.5. The molecule has 1 atom stereocenters. The number of aliphatic hydroxyl groups is 1. The number of ether oxygens (including phenoxy) is 1. The van der Waals surface area contributed by atoms with Crippen LogP contribution in [0.5, 0.6) is 0 Å². The van der Waals surface area contributed by atoms with Crippen LogP contribution in [-0.4, -0.2) is 53.8 Å². The molecule has 1 aliphatic rings. The van der Waals surface area contributed by atoms with Crippen molar-refractivity contribution in [1.82, 2.24) is 10.2 Å². The summed E-state index contributed by atoms with van der Waals surface area (Å²) in [6, 6.07) is -0.534. The number of carbonyl (C=O) groups excluding carboxylic acids is 1. The number of hydrogen-bond acceptors (Lipinski definition) is 5. The molecule has 0 aromatic heterocycles. The van der Waals surface area contributed by atoms with Gasteiger partial charge in [-0.05, 0) is 13.5 Å². The van der Waals surface area contributed by atoms with Gasteiger partial charge in [0.15, 0.2) is 5.88 Å². The number of nitrogens with one attached hydrogen (secondary N) is 1. The number of amides is 1. The van der Waals surface area contributed by atoms with E-state index < -0.39 is 11.6 Å². The molecule has 0 spiro atoms. The zero-order valence-corrected chi connectivity index (χ0v) is 10.7. The zero-order valence-electron chi connectivity index (χ0n) is 10.7. The van der Waals surface area contributed by atoms with E-state index in [-0.39, 0.29) is 25.5 Å². The molecule has 0 bridgehead atoms. The lowest BCUT2D eigenvalue weighted by Gasteiger charge is -2.47. The summed E-state index contributed by atoms with van der Waals surface area (Å²) in [6.45, 7) is 9.98. The van der Waals surface area contributed by atoms with E-state index in [1.54, 1.807) is 13.0 Å². The highest BCUT2D eigenvalue weighted by molar-refractivity contribution is 5.82. The minimum atomic E-state index is -0.939. The first-order valence-corrected chi connectivity index (χ1v) is 5.81. The van der Waals surface area contributed by atoms with Gasteiger partial charge in [0.05, 0.1) is 19.1 Å². The van der Waals surface area contributed by atoms with Gasteiger partial charge < -0.3 is 25.8 Å². The maximum Gasteiger partial charge on any atom is 0.239 e. The van der Waals surface area contributed by atoms with Gasteiger partial charge >= 0.3 is 0 Å². The molecule has 4 N–H and O–H groups in total. The minimum absolute atomic E-state index is 0.151. The molecule has 102 valence electrons. The molecule has 0 saturated carbocycles. The Kier molecular flexibility index (Phi) is 4.75. The van der Waals surface area contributed by atoms with Crippen molar-refractivity contribution in [3.8, 4) is 0 Å². The third-order valence-corrected chi connectivity index (χ3v) is 2.66. The van der Waals surface area contributed by atoms with Crippen LogP contribution in [-0.2, 0) is 9.53 Å². The molecular formula is C12H21N3O3. The van der Waals surface area contributed by atoms with Crippen LogP contribution in [0, 0.1) is 0 Å². The van der Waals surface area contributed by atoms with E-state index in [4.69, 9.17) is 10.5 Å². The lowest BCUT2D eigenvalue weighted by molar-refractivity contribution is -0.155. The van der Waals surface area contributed by atoms with Gasteiger partial charge in [0.2, 0.25) is 5.91 Å². The average molecular weight is 255 g/mol. The summed E-state index contributed by atoms with van der Waals surface area (Å²) in [5.41, 5.74) is 4.54. The highest BCUT2D eigenvalue weighted by atomic mass is 16.5. The highest BCUT2D eigenvalue weighted by Crippen LogP contribution is 2.20. The third-order valence-electron chi connectivity index (χ3n) is 2.66. The second-order valence-corrected chi connectivity index (χ2v) is 4.58. The summed E-state index contributed by atoms with van der Waals surface area (Å²) in [5, 5.41) is 12.9. The van der Waals surface area contributed by atoms with Crippen molar-refractivity contribution in [2.24, 2.45) is 5.73 Å². The number of nitrogens with zero attached hydrogens (tertiary/aromatic N) is 1. The van der Waals surface area contributed by atoms with Crippen molar-refractivity contribution in [2.75, 3.05) is 26.2 Å². The SMILES string of the molecule is C=CCOC(=C)NCC1(O)CN(C(=O)[C@H](C)N)C1. The molecule has 0 aromatic carbocycles. The van der Waals surface area contributed by atoms with E-state index in [1.807, 2.05) is 0 Å². The largest absolute Gasteiger partial charge is 0.476 e. The molecule has 1 amide bonds. The van der Waals surface area contributed by atoms with Crippen LogP contribution in [0.2, 0.25) is 0 Å². The van der Waals surface area contributed by atoms with Gasteiger partial charge in [-0.15, -0.1) is 0 Å². The van der Waals surface area contributed by atoms with Gasteiger partial charge in [-0.2, -0.15) is 0 Å². The van der Waals surface area contributed by atoms with E-state index in [0.717, 1.165) is 0 Å². The molecular weight excluding hydrogens is 234 g/mol. The fourth-order valence-corrected chi connectivity index (χ4v) is 1.69. The lowest BCUT2D eigenvalue weighted by atomic mass is 9.93. The van der Waals surface area contributed by atoms with E-state index in [1.165, 1.54) is 4.90 Å². The van der Waals surface area contributed by atoms with Crippen molar-refractivity contribution in [1.29, 1.82) is 0 Å². The second kappa shape index (κ2) is 5.88. The topological polar surface area (TPSA) is 87.8 Å². The smallest absolute Gasteiger partial charge is 0.239 e. The predicted octanol–water partition coefficient (Wildman–Crippen LogP) is -0.830. The summed E-state index contributed by atoms with van der Waals surface area (Å²) in [7, 11) is 0. The van der Waals surface area contributed by atoms with E-state index in [0.29, 0.717) is 12.5 Å². The van der Waals surface area contributed by atoms with E-state index in [9.17, 15) is 9.90 Å². The molecule has 1 rings (SSSR count). The van der Waals surface area contributed by atoms with Gasteiger partial charge in [0.25, 0.3) is 0 Å². The van der Waals surface area contributed by atoms with Gasteiger partial charge in [0, 0.05) is 6.54 Å². The Balaban J connectivity index is 2.27. The van der Waals surface area contributed by atoms with Crippen molar-refractivity contribution < 1.29 is 14.6 Å². The Morgan fingerprint density at radius 3 is 2.83 bits per heavy atom. The van der Waals surface area contributed by atoms with Crippen LogP contribution in [0.25, 0.3) is 0 Å². The number of nitrogens with two attached hydrogens (primary N) is 1. The standard InChI is InChI=1S/C12H21N3O3/c1-4-5-18-10(3)14-6-12(17)7-15(8-12)11(16)9(2)13/h4,9,14,17H,1,3,5-8,13H2,2H3/t9-/m0/s1. The van der Waals surface area contributed by atoms with Crippen molar-refractivity contribution >= 4 is 5.91 Å². The van der Waals surface area contributed by atoms with Crippen LogP contribution >= 0.6 is 0 Å². The Morgan fingerprint density at radius 2 is 2.33 bits per heavy atom. The summed E-state index contributed by atoms with van der Waals surface area (Å²) in [6.07, 6.45) is 1.61. The van der Waals surface area contributed by atoms with Gasteiger partial charge in [0.1, 0.15) is 12.2 Å². The number of rotatable bonds is 7. The average Bonchev–Trinajstić information content (AvgIpc) is 2.29. The molecule has 0 unspecified atom stereocenters. The van der Waals surface area contributed by atoms with Gasteiger partial charge in [-0.3, -0.25) is 4.79 Å². The second-order valence-electron chi connectivity index (χ2n) is 4.58. The van der Waals surface area contributed by atoms with Crippen LogP contribution in [0.1, 0.15) is 6.92 Å². The Labute approximate surface area is 107 Å². The molecule has 1 fully saturated rings. The zero-order chi connectivity index (χ0) is 13.8. The minimum Gasteiger partial charge on any atom is -0.476 e. The van der Waals surface area contributed by atoms with E-state index >= 15 is 0 Å². The van der Waals surface area contributed by atoms with Crippen molar-refractivity contribution in [3.63, 3.8) is 0 Å². The maximum atomic E-state index is 11.5. The van der Waals surface area contributed by atoms with Crippen molar-refractivity contribution in [2.45, 2.75) is 18.6 Å². The summed E-state index contributed by atoms with van der Waals surface area (Å²) >= 11 is 0. The molecule has 1 heterocycles. The quantitative estimate of drug-likeness (QED) is 0.408. The summed E-state index contributed by atoms with van der Waals surface area (Å²) < 4.78 is 5.13. The number of hydrogen-bond donors (Lipinski definition) is 3. The highest BCUT2D eigenvalue weighted by Gasteiger charge is 2.44. The Bertz CT molecular complexity index is 335. The fourth-order valence-electron chi connectivity index (χ4n) is 1.69. The molecule has 18 heavy (non-hydrogen) atoms. The molecule has 0 radical (unpaired) electrons. The summed E-state index contributed by atoms with van der Waals surface area (Å²) in [5.74, 6) is 0.224. The van der Waals surface area contributed by atoms with Crippen LogP contribution in [0.4, 0.5) is 0 Å². The summed E-state index contributed by atoms with van der Waals surface area (Å²) in [4.78, 5) is 13.0. The first kappa shape index (κ1) is 14.5. The fraction of sp³-hybridized carbons (Fsp3) is 0.583. The monoisotopic (exact) mass is 255 g/mol. The molecule has 1 aliphatic heterocycles.